The Bertz CT molecular complexity index is 785. The van der Waals surface area contributed by atoms with Gasteiger partial charge in [0.1, 0.15) is 5.84 Å². The molecule has 1 fully saturated rings. The molecule has 1 saturated heterocycles. The Morgan fingerprint density at radius 2 is 1.97 bits per heavy atom. The lowest BCUT2D eigenvalue weighted by Gasteiger charge is -2.33. The fourth-order valence-electron chi connectivity index (χ4n) is 3.77. The quantitative estimate of drug-likeness (QED) is 0.323. The molecule has 192 valence electrons. The lowest BCUT2D eigenvalue weighted by atomic mass is 9.98. The molecule has 1 aromatic rings. The maximum absolute atomic E-state index is 6.96. The van der Waals surface area contributed by atoms with Crippen molar-refractivity contribution in [3.8, 4) is 0 Å². The number of pyridine rings is 1. The summed E-state index contributed by atoms with van der Waals surface area (Å²) < 4.78 is 0. The number of aromatic nitrogens is 1. The highest BCUT2D eigenvalue weighted by molar-refractivity contribution is 5.84. The smallest absolute Gasteiger partial charge is 0.122 e. The number of hydrogen-bond donors (Lipinski definition) is 3. The topological polar surface area (TPSA) is 103 Å². The molecule has 0 bridgehead atoms. The minimum absolute atomic E-state index is 0.220. The molecule has 3 atom stereocenters. The highest BCUT2D eigenvalue weighted by Gasteiger charge is 2.32. The van der Waals surface area contributed by atoms with Gasteiger partial charge in [-0.05, 0) is 77.1 Å². The van der Waals surface area contributed by atoms with Gasteiger partial charge in [-0.3, -0.25) is 15.4 Å². The van der Waals surface area contributed by atoms with Crippen LogP contribution in [0, 0.1) is 24.2 Å². The Morgan fingerprint density at radius 1 is 1.32 bits per heavy atom. The van der Waals surface area contributed by atoms with Crippen LogP contribution in [0.3, 0.4) is 0 Å². The standard InChI is InChI=1S/C15H29N3.C7H10N2.C5H10N2/c1-6-11(2)9-14-8-7-13(4)18(14)15(16)12(3)10-17-5;1-6-7(8-2)4-3-5-9-6;1-4(2)5(6)7-3/h11,13-14H,5-10,16H2,1-4H3;3-5,8H,1-2H3;4,6H,3H2,1-2H3/b15-12+;;. The fourth-order valence-corrected chi connectivity index (χ4v) is 3.77. The molecule has 0 saturated carbocycles. The van der Waals surface area contributed by atoms with Crippen LogP contribution in [-0.2, 0) is 0 Å². The van der Waals surface area contributed by atoms with Crippen LogP contribution in [-0.4, -0.2) is 54.8 Å². The number of aryl methyl sites for hydroxylation is 1. The molecule has 0 aromatic carbocycles. The van der Waals surface area contributed by atoms with Crippen molar-refractivity contribution in [2.75, 3.05) is 18.9 Å². The van der Waals surface area contributed by atoms with E-state index in [1.807, 2.05) is 40.0 Å². The van der Waals surface area contributed by atoms with Crippen LogP contribution in [0.1, 0.15) is 72.9 Å². The van der Waals surface area contributed by atoms with Gasteiger partial charge in [0.25, 0.3) is 0 Å². The van der Waals surface area contributed by atoms with E-state index in [1.54, 1.807) is 6.20 Å². The van der Waals surface area contributed by atoms with Gasteiger partial charge in [0.15, 0.2) is 0 Å². The van der Waals surface area contributed by atoms with Crippen LogP contribution < -0.4 is 11.1 Å². The molecule has 0 radical (unpaired) electrons. The number of nitrogens with one attached hydrogen (secondary N) is 2. The van der Waals surface area contributed by atoms with Crippen molar-refractivity contribution >= 4 is 25.0 Å². The van der Waals surface area contributed by atoms with E-state index < -0.39 is 0 Å². The second-order valence-electron chi connectivity index (χ2n) is 9.37. The molecule has 0 aliphatic carbocycles. The normalized spacial score (nSPS) is 18.6. The second kappa shape index (κ2) is 16.8. The summed E-state index contributed by atoms with van der Waals surface area (Å²) in [6, 6.07) is 5.08. The lowest BCUT2D eigenvalue weighted by molar-refractivity contribution is 0.225. The van der Waals surface area contributed by atoms with Crippen molar-refractivity contribution in [2.24, 2.45) is 27.6 Å². The number of rotatable bonds is 8. The zero-order valence-corrected chi connectivity index (χ0v) is 22.9. The minimum Gasteiger partial charge on any atom is -0.387 e. The summed E-state index contributed by atoms with van der Waals surface area (Å²) in [6.07, 6.45) is 6.79. The summed E-state index contributed by atoms with van der Waals surface area (Å²) in [5.41, 5.74) is 9.61. The van der Waals surface area contributed by atoms with Gasteiger partial charge >= 0.3 is 0 Å². The number of likely N-dealkylation sites (tertiary alicyclic amines) is 1. The Balaban J connectivity index is 0.000000563. The third kappa shape index (κ3) is 10.9. The highest BCUT2D eigenvalue weighted by atomic mass is 15.3. The van der Waals surface area contributed by atoms with Crippen LogP contribution in [0.15, 0.2) is 39.7 Å². The van der Waals surface area contributed by atoms with Crippen molar-refractivity contribution < 1.29 is 0 Å². The number of aliphatic imine (C=N–C) groups is 2. The summed E-state index contributed by atoms with van der Waals surface area (Å²) in [7, 11) is 1.89. The molecule has 0 spiro atoms. The minimum atomic E-state index is 0.220. The Hall–Kier alpha value is -2.70. The number of amidine groups is 1. The van der Waals surface area contributed by atoms with Crippen LogP contribution in [0.4, 0.5) is 5.69 Å². The van der Waals surface area contributed by atoms with Gasteiger partial charge in [-0.15, -0.1) is 0 Å². The van der Waals surface area contributed by atoms with E-state index >= 15 is 0 Å². The molecule has 1 aliphatic rings. The first kappa shape index (κ1) is 31.3. The largest absolute Gasteiger partial charge is 0.387 e. The van der Waals surface area contributed by atoms with E-state index in [4.69, 9.17) is 11.1 Å². The summed E-state index contributed by atoms with van der Waals surface area (Å²) >= 11 is 0. The molecule has 4 N–H and O–H groups in total. The first-order valence-electron chi connectivity index (χ1n) is 12.3. The first-order chi connectivity index (χ1) is 16.0. The predicted molar refractivity (Wildman–Crippen MR) is 150 cm³/mol. The maximum atomic E-state index is 6.96. The van der Waals surface area contributed by atoms with Gasteiger partial charge < -0.3 is 16.0 Å². The first-order valence-corrected chi connectivity index (χ1v) is 12.3. The third-order valence-electron chi connectivity index (χ3n) is 6.22. The van der Waals surface area contributed by atoms with E-state index in [1.165, 1.54) is 25.7 Å². The third-order valence-corrected chi connectivity index (χ3v) is 6.22. The van der Waals surface area contributed by atoms with Crippen molar-refractivity contribution in [2.45, 2.75) is 86.2 Å². The predicted octanol–water partition coefficient (Wildman–Crippen LogP) is 5.92. The van der Waals surface area contributed by atoms with Gasteiger partial charge in [0, 0.05) is 31.2 Å². The van der Waals surface area contributed by atoms with Gasteiger partial charge in [-0.25, -0.2) is 4.99 Å². The van der Waals surface area contributed by atoms with Gasteiger partial charge in [-0.1, -0.05) is 34.1 Å². The Kier molecular flexibility index (Phi) is 15.5. The average Bonchev–Trinajstić information content (AvgIpc) is 3.18. The molecule has 1 aliphatic heterocycles. The van der Waals surface area contributed by atoms with E-state index in [2.05, 4.69) is 66.3 Å². The number of nitrogens with zero attached hydrogens (tertiary/aromatic N) is 4. The van der Waals surface area contributed by atoms with Crippen molar-refractivity contribution in [3.05, 3.63) is 35.4 Å². The van der Waals surface area contributed by atoms with Crippen LogP contribution >= 0.6 is 0 Å². The van der Waals surface area contributed by atoms with E-state index in [0.717, 1.165) is 28.7 Å². The molecule has 34 heavy (non-hydrogen) atoms. The van der Waals surface area contributed by atoms with Crippen LogP contribution in [0.25, 0.3) is 0 Å². The highest BCUT2D eigenvalue weighted by Crippen LogP contribution is 2.32. The van der Waals surface area contributed by atoms with E-state index in [-0.39, 0.29) is 5.92 Å². The Morgan fingerprint density at radius 3 is 2.38 bits per heavy atom. The molecule has 2 rings (SSSR count). The maximum Gasteiger partial charge on any atom is 0.122 e. The van der Waals surface area contributed by atoms with Crippen molar-refractivity contribution in [1.29, 1.82) is 5.41 Å². The van der Waals surface area contributed by atoms with Crippen molar-refractivity contribution in [1.82, 2.24) is 9.88 Å². The molecule has 2 heterocycles. The summed E-state index contributed by atoms with van der Waals surface area (Å²) in [4.78, 5) is 13.9. The van der Waals surface area contributed by atoms with Crippen LogP contribution in [0.5, 0.6) is 0 Å². The SMILES string of the molecule is C=NC(=N)C(C)C.C=NC/C(C)=C(\N)N1C(C)CCC1CC(C)CC.CNc1cccnc1C. The zero-order valence-electron chi connectivity index (χ0n) is 22.9. The molecule has 7 nitrogen and oxygen atoms in total. The summed E-state index contributed by atoms with van der Waals surface area (Å²) in [5, 5.41) is 10.00. The summed E-state index contributed by atoms with van der Waals surface area (Å²) in [5.74, 6) is 2.28. The second-order valence-corrected chi connectivity index (χ2v) is 9.37. The fraction of sp³-hybridized carbons (Fsp3) is 0.630. The average molecular weight is 472 g/mol. The summed E-state index contributed by atoms with van der Waals surface area (Å²) in [6.45, 7) is 22.1. The number of hydrogen-bond acceptors (Lipinski definition) is 6. The molecule has 3 unspecified atom stereocenters. The number of anilines is 1. The molecular formula is C27H49N7. The Labute approximate surface area is 208 Å². The monoisotopic (exact) mass is 471 g/mol. The molecule has 0 amide bonds. The molecular weight excluding hydrogens is 422 g/mol. The number of nitrogens with two attached hydrogens (primary N) is 1. The lowest BCUT2D eigenvalue weighted by Crippen LogP contribution is -2.39. The van der Waals surface area contributed by atoms with Crippen LogP contribution in [0.2, 0.25) is 0 Å². The van der Waals surface area contributed by atoms with E-state index in [9.17, 15) is 0 Å². The zero-order chi connectivity index (χ0) is 26.3. The molecule has 1 aromatic heterocycles. The van der Waals surface area contributed by atoms with E-state index in [0.29, 0.717) is 24.5 Å². The van der Waals surface area contributed by atoms with Gasteiger partial charge in [0.05, 0.1) is 23.7 Å². The van der Waals surface area contributed by atoms with Gasteiger partial charge in [-0.2, -0.15) is 0 Å². The van der Waals surface area contributed by atoms with Gasteiger partial charge in [0.2, 0.25) is 0 Å². The molecule has 7 heteroatoms. The van der Waals surface area contributed by atoms with Crippen molar-refractivity contribution in [3.63, 3.8) is 0 Å².